The molecular formula is C15H10F2N2OS. The summed E-state index contributed by atoms with van der Waals surface area (Å²) in [5.41, 5.74) is 0.978. The Hall–Kier alpha value is -2.34. The number of halogens is 2. The molecule has 2 aromatic carbocycles. The fourth-order valence-electron chi connectivity index (χ4n) is 1.89. The van der Waals surface area contributed by atoms with Crippen LogP contribution in [0.25, 0.3) is 10.2 Å². The lowest BCUT2D eigenvalue weighted by Gasteiger charge is -2.04. The van der Waals surface area contributed by atoms with Crippen LogP contribution in [-0.4, -0.2) is 10.9 Å². The number of nitrogens with zero attached hydrogens (tertiary/aromatic N) is 1. The number of rotatable bonds is 3. The summed E-state index contributed by atoms with van der Waals surface area (Å²) in [6, 6.07) is 10.7. The maximum absolute atomic E-state index is 13.5. The Morgan fingerprint density at radius 2 is 2.00 bits per heavy atom. The zero-order chi connectivity index (χ0) is 14.8. The van der Waals surface area contributed by atoms with E-state index in [0.29, 0.717) is 5.01 Å². The van der Waals surface area contributed by atoms with Crippen LogP contribution >= 0.6 is 11.3 Å². The monoisotopic (exact) mass is 304 g/mol. The third-order valence-electron chi connectivity index (χ3n) is 2.94. The predicted molar refractivity (Wildman–Crippen MR) is 77.1 cm³/mol. The van der Waals surface area contributed by atoms with E-state index in [0.717, 1.165) is 22.3 Å². The quantitative estimate of drug-likeness (QED) is 0.804. The van der Waals surface area contributed by atoms with Crippen LogP contribution in [0.3, 0.4) is 0 Å². The van der Waals surface area contributed by atoms with Crippen molar-refractivity contribution in [3.05, 3.63) is 64.7 Å². The Morgan fingerprint density at radius 3 is 2.76 bits per heavy atom. The van der Waals surface area contributed by atoms with E-state index < -0.39 is 11.6 Å². The minimum Gasteiger partial charge on any atom is -0.346 e. The van der Waals surface area contributed by atoms with Crippen molar-refractivity contribution < 1.29 is 13.6 Å². The number of para-hydroxylation sites is 1. The highest BCUT2D eigenvalue weighted by atomic mass is 32.1. The van der Waals surface area contributed by atoms with Gasteiger partial charge in [0.05, 0.1) is 10.2 Å². The molecule has 0 bridgehead atoms. The summed E-state index contributed by atoms with van der Waals surface area (Å²) in [6.07, 6.45) is 0. The molecular weight excluding hydrogens is 294 g/mol. The molecule has 0 radical (unpaired) electrons. The number of amides is 1. The Balaban J connectivity index is 1.74. The fraction of sp³-hybridized carbons (Fsp3) is 0.0667. The summed E-state index contributed by atoms with van der Waals surface area (Å²) in [4.78, 5) is 16.2. The lowest BCUT2D eigenvalue weighted by Crippen LogP contribution is -2.23. The smallest absolute Gasteiger partial charge is 0.280 e. The standard InChI is InChI=1S/C15H10F2N2OS/c16-10-6-5-9(11(17)7-10)8-18-14(20)15-19-12-3-1-2-4-13(12)21-15/h1-7H,8H2,(H,18,20). The zero-order valence-electron chi connectivity index (χ0n) is 10.8. The highest BCUT2D eigenvalue weighted by molar-refractivity contribution is 7.20. The molecule has 6 heteroatoms. The number of thiazole rings is 1. The molecule has 21 heavy (non-hydrogen) atoms. The van der Waals surface area contributed by atoms with Crippen LogP contribution in [0.4, 0.5) is 8.78 Å². The molecule has 0 atom stereocenters. The Bertz CT molecular complexity index is 783. The van der Waals surface area contributed by atoms with Crippen molar-refractivity contribution in [3.8, 4) is 0 Å². The molecule has 3 nitrogen and oxygen atoms in total. The largest absolute Gasteiger partial charge is 0.346 e. The van der Waals surface area contributed by atoms with E-state index in [2.05, 4.69) is 10.3 Å². The number of hydrogen-bond acceptors (Lipinski definition) is 3. The summed E-state index contributed by atoms with van der Waals surface area (Å²) in [5.74, 6) is -1.70. The zero-order valence-corrected chi connectivity index (χ0v) is 11.6. The number of nitrogens with one attached hydrogen (secondary N) is 1. The molecule has 0 saturated heterocycles. The molecule has 0 saturated carbocycles. The Kier molecular flexibility index (Phi) is 3.62. The molecule has 3 aromatic rings. The average Bonchev–Trinajstić information content (AvgIpc) is 2.90. The Labute approximate surface area is 123 Å². The van der Waals surface area contributed by atoms with Crippen molar-refractivity contribution in [3.63, 3.8) is 0 Å². The van der Waals surface area contributed by atoms with Crippen molar-refractivity contribution in [2.24, 2.45) is 0 Å². The molecule has 106 valence electrons. The molecule has 0 fully saturated rings. The second-order valence-electron chi connectivity index (χ2n) is 4.41. The highest BCUT2D eigenvalue weighted by Gasteiger charge is 2.12. The van der Waals surface area contributed by atoms with E-state index in [1.807, 2.05) is 24.3 Å². The minimum atomic E-state index is -0.681. The number of carbonyl (C=O) groups excluding carboxylic acids is 1. The van der Waals surface area contributed by atoms with Crippen LogP contribution in [0.15, 0.2) is 42.5 Å². The maximum atomic E-state index is 13.5. The van der Waals surface area contributed by atoms with E-state index in [4.69, 9.17) is 0 Å². The molecule has 0 spiro atoms. The summed E-state index contributed by atoms with van der Waals surface area (Å²) in [6.45, 7) is -0.0130. The topological polar surface area (TPSA) is 42.0 Å². The molecule has 3 rings (SSSR count). The highest BCUT2D eigenvalue weighted by Crippen LogP contribution is 2.21. The van der Waals surface area contributed by atoms with Crippen molar-refractivity contribution in [2.75, 3.05) is 0 Å². The third kappa shape index (κ3) is 2.90. The number of fused-ring (bicyclic) bond motifs is 1. The molecule has 1 amide bonds. The van der Waals surface area contributed by atoms with E-state index in [1.165, 1.54) is 17.4 Å². The number of aromatic nitrogens is 1. The fourth-order valence-corrected chi connectivity index (χ4v) is 2.77. The SMILES string of the molecule is O=C(NCc1ccc(F)cc1F)c1nc2ccccc2s1. The summed E-state index contributed by atoms with van der Waals surface area (Å²) >= 11 is 1.27. The van der Waals surface area contributed by atoms with E-state index in [9.17, 15) is 13.6 Å². The number of hydrogen-bond donors (Lipinski definition) is 1. The van der Waals surface area contributed by atoms with Gasteiger partial charge >= 0.3 is 0 Å². The van der Waals surface area contributed by atoms with Gasteiger partial charge in [-0.2, -0.15) is 0 Å². The van der Waals surface area contributed by atoms with Crippen LogP contribution in [0.5, 0.6) is 0 Å². The van der Waals surface area contributed by atoms with Gasteiger partial charge in [0, 0.05) is 18.2 Å². The number of carbonyl (C=O) groups is 1. The van der Waals surface area contributed by atoms with Crippen molar-refractivity contribution in [1.82, 2.24) is 10.3 Å². The molecule has 1 N–H and O–H groups in total. The van der Waals surface area contributed by atoms with E-state index in [-0.39, 0.29) is 18.0 Å². The van der Waals surface area contributed by atoms with Crippen LogP contribution in [0, 0.1) is 11.6 Å². The second kappa shape index (κ2) is 5.57. The predicted octanol–water partition coefficient (Wildman–Crippen LogP) is 3.50. The van der Waals surface area contributed by atoms with Gasteiger partial charge in [0.25, 0.3) is 5.91 Å². The lowest BCUT2D eigenvalue weighted by atomic mass is 10.2. The molecule has 1 heterocycles. The van der Waals surface area contributed by atoms with Gasteiger partial charge in [-0.3, -0.25) is 4.79 Å². The van der Waals surface area contributed by atoms with Gasteiger partial charge in [-0.05, 0) is 18.2 Å². The lowest BCUT2D eigenvalue weighted by molar-refractivity contribution is 0.0950. The first-order chi connectivity index (χ1) is 10.1. The third-order valence-corrected chi connectivity index (χ3v) is 3.98. The normalized spacial score (nSPS) is 10.8. The molecule has 1 aromatic heterocycles. The van der Waals surface area contributed by atoms with Gasteiger partial charge in [0.2, 0.25) is 0 Å². The first-order valence-corrected chi connectivity index (χ1v) is 7.03. The summed E-state index contributed by atoms with van der Waals surface area (Å²) < 4.78 is 27.2. The Morgan fingerprint density at radius 1 is 1.19 bits per heavy atom. The van der Waals surface area contributed by atoms with Crippen molar-refractivity contribution >= 4 is 27.5 Å². The minimum absolute atomic E-state index is 0.0130. The molecule has 0 aliphatic heterocycles. The average molecular weight is 304 g/mol. The van der Waals surface area contributed by atoms with Gasteiger partial charge in [-0.1, -0.05) is 18.2 Å². The number of benzene rings is 2. The van der Waals surface area contributed by atoms with E-state index >= 15 is 0 Å². The summed E-state index contributed by atoms with van der Waals surface area (Å²) in [5, 5.41) is 2.90. The van der Waals surface area contributed by atoms with Crippen LogP contribution in [-0.2, 0) is 6.54 Å². The van der Waals surface area contributed by atoms with Crippen molar-refractivity contribution in [2.45, 2.75) is 6.54 Å². The molecule has 0 unspecified atom stereocenters. The van der Waals surface area contributed by atoms with Crippen molar-refractivity contribution in [1.29, 1.82) is 0 Å². The van der Waals surface area contributed by atoms with Gasteiger partial charge in [-0.25, -0.2) is 13.8 Å². The second-order valence-corrected chi connectivity index (χ2v) is 5.44. The van der Waals surface area contributed by atoms with Crippen LogP contribution in [0.1, 0.15) is 15.4 Å². The van der Waals surface area contributed by atoms with Gasteiger partial charge < -0.3 is 5.32 Å². The summed E-state index contributed by atoms with van der Waals surface area (Å²) in [7, 11) is 0. The van der Waals surface area contributed by atoms with Gasteiger partial charge in [-0.15, -0.1) is 11.3 Å². The van der Waals surface area contributed by atoms with Crippen LogP contribution < -0.4 is 5.32 Å². The maximum Gasteiger partial charge on any atom is 0.280 e. The molecule has 0 aliphatic rings. The van der Waals surface area contributed by atoms with Gasteiger partial charge in [0.1, 0.15) is 11.6 Å². The first kappa shape index (κ1) is 13.6. The molecule has 0 aliphatic carbocycles. The first-order valence-electron chi connectivity index (χ1n) is 6.21. The van der Waals surface area contributed by atoms with E-state index in [1.54, 1.807) is 0 Å². The van der Waals surface area contributed by atoms with Crippen LogP contribution in [0.2, 0.25) is 0 Å². The van der Waals surface area contributed by atoms with Gasteiger partial charge in [0.15, 0.2) is 5.01 Å².